The van der Waals surface area contributed by atoms with Gasteiger partial charge in [-0.05, 0) is 49.4 Å². The van der Waals surface area contributed by atoms with Crippen molar-refractivity contribution in [2.75, 3.05) is 6.54 Å². The third-order valence-electron chi connectivity index (χ3n) is 4.50. The van der Waals surface area contributed by atoms with E-state index in [0.717, 1.165) is 18.0 Å². The molecule has 0 aliphatic heterocycles. The highest BCUT2D eigenvalue weighted by Gasteiger charge is 2.26. The molecule has 1 fully saturated rings. The summed E-state index contributed by atoms with van der Waals surface area (Å²) < 4.78 is 0. The van der Waals surface area contributed by atoms with Crippen LogP contribution in [0.1, 0.15) is 50.6 Å². The first kappa shape index (κ1) is 13.6. The minimum absolute atomic E-state index is 0.491. The van der Waals surface area contributed by atoms with Crippen molar-refractivity contribution in [3.8, 4) is 0 Å². The Kier molecular flexibility index (Phi) is 4.31. The van der Waals surface area contributed by atoms with Gasteiger partial charge in [0.05, 0.1) is 5.52 Å². The molecule has 1 N–H and O–H groups in total. The van der Waals surface area contributed by atoms with Crippen molar-refractivity contribution in [1.82, 2.24) is 10.3 Å². The summed E-state index contributed by atoms with van der Waals surface area (Å²) >= 11 is 0. The first-order chi connectivity index (χ1) is 9.90. The molecule has 1 aromatic heterocycles. The van der Waals surface area contributed by atoms with Gasteiger partial charge in [-0.2, -0.15) is 0 Å². The molecule has 0 bridgehead atoms. The number of para-hydroxylation sites is 1. The van der Waals surface area contributed by atoms with E-state index in [-0.39, 0.29) is 0 Å². The molecule has 1 saturated carbocycles. The lowest BCUT2D eigenvalue weighted by atomic mass is 9.89. The molecule has 106 valence electrons. The SMILES string of the molecule is CCCNC(c1ccnc2ccccc12)C1CCCC1. The minimum atomic E-state index is 0.491. The van der Waals surface area contributed by atoms with Crippen LogP contribution >= 0.6 is 0 Å². The number of hydrogen-bond acceptors (Lipinski definition) is 2. The maximum atomic E-state index is 4.50. The quantitative estimate of drug-likeness (QED) is 0.865. The lowest BCUT2D eigenvalue weighted by molar-refractivity contribution is 0.370. The Labute approximate surface area is 121 Å². The molecule has 1 aromatic carbocycles. The molecule has 0 spiro atoms. The van der Waals surface area contributed by atoms with Crippen LogP contribution in [0.5, 0.6) is 0 Å². The van der Waals surface area contributed by atoms with Crippen molar-refractivity contribution in [3.63, 3.8) is 0 Å². The molecule has 0 amide bonds. The standard InChI is InChI=1S/C18H24N2/c1-2-12-20-18(14-7-3-4-8-14)16-11-13-19-17-10-6-5-9-15(16)17/h5-6,9-11,13-14,18,20H,2-4,7-8,12H2,1H3. The lowest BCUT2D eigenvalue weighted by Gasteiger charge is -2.26. The summed E-state index contributed by atoms with van der Waals surface area (Å²) in [5, 5.41) is 5.11. The van der Waals surface area contributed by atoms with Crippen LogP contribution in [0.25, 0.3) is 10.9 Å². The molecule has 2 heteroatoms. The maximum absolute atomic E-state index is 4.50. The van der Waals surface area contributed by atoms with Gasteiger partial charge in [0.1, 0.15) is 0 Å². The molecule has 0 radical (unpaired) electrons. The molecular weight excluding hydrogens is 244 g/mol. The summed E-state index contributed by atoms with van der Waals surface area (Å²) in [7, 11) is 0. The fourth-order valence-corrected chi connectivity index (χ4v) is 3.51. The van der Waals surface area contributed by atoms with Gasteiger partial charge >= 0.3 is 0 Å². The summed E-state index contributed by atoms with van der Waals surface area (Å²) in [6.45, 7) is 3.33. The van der Waals surface area contributed by atoms with Gasteiger partial charge < -0.3 is 5.32 Å². The number of fused-ring (bicyclic) bond motifs is 1. The smallest absolute Gasteiger partial charge is 0.0705 e. The highest BCUT2D eigenvalue weighted by Crippen LogP contribution is 2.37. The predicted octanol–water partition coefficient (Wildman–Crippen LogP) is 4.47. The number of aromatic nitrogens is 1. The van der Waals surface area contributed by atoms with Crippen LogP contribution in [0.2, 0.25) is 0 Å². The van der Waals surface area contributed by atoms with Gasteiger partial charge in [-0.15, -0.1) is 0 Å². The van der Waals surface area contributed by atoms with E-state index in [2.05, 4.69) is 47.6 Å². The number of pyridine rings is 1. The summed E-state index contributed by atoms with van der Waals surface area (Å²) in [6, 6.07) is 11.2. The average molecular weight is 268 g/mol. The summed E-state index contributed by atoms with van der Waals surface area (Å²) in [5.74, 6) is 0.785. The van der Waals surface area contributed by atoms with E-state index in [0.29, 0.717) is 6.04 Å². The van der Waals surface area contributed by atoms with E-state index in [1.54, 1.807) is 0 Å². The highest BCUT2D eigenvalue weighted by atomic mass is 14.9. The Hall–Kier alpha value is -1.41. The number of nitrogens with one attached hydrogen (secondary N) is 1. The minimum Gasteiger partial charge on any atom is -0.310 e. The second kappa shape index (κ2) is 6.36. The van der Waals surface area contributed by atoms with E-state index in [9.17, 15) is 0 Å². The molecular formula is C18H24N2. The van der Waals surface area contributed by atoms with Crippen LogP contribution in [0.4, 0.5) is 0 Å². The van der Waals surface area contributed by atoms with Gasteiger partial charge in [0.2, 0.25) is 0 Å². The average Bonchev–Trinajstić information content (AvgIpc) is 3.02. The van der Waals surface area contributed by atoms with Crippen LogP contribution < -0.4 is 5.32 Å². The zero-order chi connectivity index (χ0) is 13.8. The molecule has 1 unspecified atom stereocenters. The molecule has 0 saturated heterocycles. The summed E-state index contributed by atoms with van der Waals surface area (Å²) in [4.78, 5) is 4.50. The second-order valence-electron chi connectivity index (χ2n) is 5.89. The van der Waals surface area contributed by atoms with Gasteiger partial charge in [0.25, 0.3) is 0 Å². The van der Waals surface area contributed by atoms with E-state index in [1.807, 2.05) is 6.20 Å². The van der Waals surface area contributed by atoms with Crippen molar-refractivity contribution in [1.29, 1.82) is 0 Å². The van der Waals surface area contributed by atoms with Crippen LogP contribution in [0.15, 0.2) is 36.5 Å². The van der Waals surface area contributed by atoms with Crippen molar-refractivity contribution in [3.05, 3.63) is 42.1 Å². The topological polar surface area (TPSA) is 24.9 Å². The van der Waals surface area contributed by atoms with Gasteiger partial charge in [0, 0.05) is 17.6 Å². The molecule has 1 aliphatic carbocycles. The molecule has 2 nitrogen and oxygen atoms in total. The number of rotatable bonds is 5. The first-order valence-corrected chi connectivity index (χ1v) is 7.97. The van der Waals surface area contributed by atoms with Gasteiger partial charge in [-0.3, -0.25) is 4.98 Å². The van der Waals surface area contributed by atoms with Crippen LogP contribution in [0.3, 0.4) is 0 Å². The maximum Gasteiger partial charge on any atom is 0.0705 e. The Morgan fingerprint density at radius 2 is 2.00 bits per heavy atom. The van der Waals surface area contributed by atoms with E-state index < -0.39 is 0 Å². The normalized spacial score (nSPS) is 17.6. The molecule has 20 heavy (non-hydrogen) atoms. The van der Waals surface area contributed by atoms with Gasteiger partial charge in [-0.1, -0.05) is 38.0 Å². The number of benzene rings is 1. The zero-order valence-electron chi connectivity index (χ0n) is 12.3. The Morgan fingerprint density at radius 1 is 1.20 bits per heavy atom. The third-order valence-corrected chi connectivity index (χ3v) is 4.50. The Bertz CT molecular complexity index is 553. The predicted molar refractivity (Wildman–Crippen MR) is 84.7 cm³/mol. The van der Waals surface area contributed by atoms with Gasteiger partial charge in [0.15, 0.2) is 0 Å². The molecule has 2 aromatic rings. The van der Waals surface area contributed by atoms with Crippen LogP contribution in [0, 0.1) is 5.92 Å². The summed E-state index contributed by atoms with van der Waals surface area (Å²) in [5.41, 5.74) is 2.56. The van der Waals surface area contributed by atoms with Crippen LogP contribution in [-0.2, 0) is 0 Å². The van der Waals surface area contributed by atoms with Crippen LogP contribution in [-0.4, -0.2) is 11.5 Å². The van der Waals surface area contributed by atoms with E-state index in [4.69, 9.17) is 0 Å². The molecule has 3 rings (SSSR count). The second-order valence-corrected chi connectivity index (χ2v) is 5.89. The van der Waals surface area contributed by atoms with Crippen molar-refractivity contribution in [2.45, 2.75) is 45.1 Å². The lowest BCUT2D eigenvalue weighted by Crippen LogP contribution is -2.28. The number of hydrogen-bond donors (Lipinski definition) is 1. The number of nitrogens with zero attached hydrogens (tertiary/aromatic N) is 1. The van der Waals surface area contributed by atoms with Crippen molar-refractivity contribution in [2.24, 2.45) is 5.92 Å². The fraction of sp³-hybridized carbons (Fsp3) is 0.500. The largest absolute Gasteiger partial charge is 0.310 e. The summed E-state index contributed by atoms with van der Waals surface area (Å²) in [6.07, 6.45) is 8.64. The Morgan fingerprint density at radius 3 is 2.80 bits per heavy atom. The van der Waals surface area contributed by atoms with E-state index in [1.165, 1.54) is 43.1 Å². The third kappa shape index (κ3) is 2.71. The molecule has 1 heterocycles. The highest BCUT2D eigenvalue weighted by molar-refractivity contribution is 5.82. The van der Waals surface area contributed by atoms with Gasteiger partial charge in [-0.25, -0.2) is 0 Å². The fourth-order valence-electron chi connectivity index (χ4n) is 3.51. The van der Waals surface area contributed by atoms with Crippen molar-refractivity contribution < 1.29 is 0 Å². The zero-order valence-corrected chi connectivity index (χ0v) is 12.3. The van der Waals surface area contributed by atoms with E-state index >= 15 is 0 Å². The first-order valence-electron chi connectivity index (χ1n) is 7.97. The Balaban J connectivity index is 1.99. The van der Waals surface area contributed by atoms with Crippen molar-refractivity contribution >= 4 is 10.9 Å². The monoisotopic (exact) mass is 268 g/mol. The molecule has 1 aliphatic rings. The molecule has 1 atom stereocenters.